The zero-order valence-electron chi connectivity index (χ0n) is 16.4. The lowest BCUT2D eigenvalue weighted by molar-refractivity contribution is -0.159. The summed E-state index contributed by atoms with van der Waals surface area (Å²) in [5.74, 6) is -3.10. The zero-order valence-corrected chi connectivity index (χ0v) is 18.6. The summed E-state index contributed by atoms with van der Waals surface area (Å²) in [5, 5.41) is 0. The summed E-state index contributed by atoms with van der Waals surface area (Å²) in [6.07, 6.45) is 3.75. The van der Waals surface area contributed by atoms with E-state index in [1.54, 1.807) is 24.3 Å². The number of ketones is 1. The van der Waals surface area contributed by atoms with Crippen molar-refractivity contribution in [2.45, 2.75) is 5.60 Å². The molecule has 1 spiro atoms. The first kappa shape index (κ1) is 19.1. The van der Waals surface area contributed by atoms with E-state index in [-0.39, 0.29) is 17.6 Å². The molecule has 5 aliphatic rings. The molecule has 154 valence electrons. The molecule has 0 radical (unpaired) electrons. The highest BCUT2D eigenvalue weighted by molar-refractivity contribution is 14.1. The number of benzene rings is 2. The quantitative estimate of drug-likeness (QED) is 0.342. The van der Waals surface area contributed by atoms with Crippen LogP contribution in [0, 0.1) is 23.7 Å². The second kappa shape index (κ2) is 6.71. The van der Waals surface area contributed by atoms with Gasteiger partial charge in [0.15, 0.2) is 11.4 Å². The van der Waals surface area contributed by atoms with Gasteiger partial charge >= 0.3 is 0 Å². The summed E-state index contributed by atoms with van der Waals surface area (Å²) in [6, 6.07) is 18.7. The summed E-state index contributed by atoms with van der Waals surface area (Å²) in [4.78, 5) is 42.1. The minimum Gasteiger partial charge on any atom is -0.357 e. The molecule has 2 aliphatic heterocycles. The average molecular weight is 523 g/mol. The molecule has 2 fully saturated rings. The molecular weight excluding hydrogens is 505 g/mol. The Morgan fingerprint density at radius 1 is 0.871 bits per heavy atom. The number of imide groups is 1. The van der Waals surface area contributed by atoms with Gasteiger partial charge in [-0.3, -0.25) is 19.3 Å². The third-order valence-corrected chi connectivity index (χ3v) is 7.83. The van der Waals surface area contributed by atoms with Crippen molar-refractivity contribution in [3.8, 4) is 0 Å². The first-order valence-corrected chi connectivity index (χ1v) is 11.4. The van der Waals surface area contributed by atoms with Gasteiger partial charge in [0, 0.05) is 15.1 Å². The molecule has 1 unspecified atom stereocenters. The van der Waals surface area contributed by atoms with Gasteiger partial charge in [-0.2, -0.15) is 0 Å². The molecule has 31 heavy (non-hydrogen) atoms. The van der Waals surface area contributed by atoms with Gasteiger partial charge in [0.1, 0.15) is 0 Å². The number of anilines is 1. The van der Waals surface area contributed by atoms with Crippen molar-refractivity contribution in [2.24, 2.45) is 23.7 Å². The van der Waals surface area contributed by atoms with E-state index in [1.165, 1.54) is 4.90 Å². The monoisotopic (exact) mass is 523 g/mol. The fourth-order valence-corrected chi connectivity index (χ4v) is 6.65. The maximum atomic E-state index is 13.9. The van der Waals surface area contributed by atoms with Crippen LogP contribution in [0.2, 0.25) is 0 Å². The van der Waals surface area contributed by atoms with Crippen molar-refractivity contribution in [1.29, 1.82) is 0 Å². The Labute approximate surface area is 192 Å². The van der Waals surface area contributed by atoms with Crippen LogP contribution in [0.15, 0.2) is 76.4 Å². The minimum absolute atomic E-state index is 0.108. The van der Waals surface area contributed by atoms with Gasteiger partial charge in [-0.25, -0.2) is 0 Å². The van der Waals surface area contributed by atoms with Crippen LogP contribution in [0.5, 0.6) is 0 Å². The molecule has 0 aromatic heterocycles. The Balaban J connectivity index is 1.50. The average Bonchev–Trinajstić information content (AvgIpc) is 3.28. The van der Waals surface area contributed by atoms with Gasteiger partial charge in [-0.15, -0.1) is 0 Å². The maximum absolute atomic E-state index is 13.9. The summed E-state index contributed by atoms with van der Waals surface area (Å²) in [5.41, 5.74) is 1.09. The Bertz CT molecular complexity index is 1190. The maximum Gasteiger partial charge on any atom is 0.238 e. The smallest absolute Gasteiger partial charge is 0.238 e. The van der Waals surface area contributed by atoms with Crippen LogP contribution < -0.4 is 4.90 Å². The number of ether oxygens (including phenoxy) is 1. The van der Waals surface area contributed by atoms with Crippen molar-refractivity contribution in [3.63, 3.8) is 0 Å². The number of carbonyl (C=O) groups excluding carboxylic acids is 3. The molecule has 0 N–H and O–H groups in total. The number of hydrogen-bond acceptors (Lipinski definition) is 4. The van der Waals surface area contributed by atoms with Crippen LogP contribution in [0.25, 0.3) is 5.57 Å². The largest absolute Gasteiger partial charge is 0.357 e. The van der Waals surface area contributed by atoms with Crippen LogP contribution in [0.4, 0.5) is 5.69 Å². The number of nitrogens with zero attached hydrogens (tertiary/aromatic N) is 1. The minimum atomic E-state index is -1.22. The molecule has 2 aromatic rings. The van der Waals surface area contributed by atoms with E-state index in [4.69, 9.17) is 4.74 Å². The summed E-state index contributed by atoms with van der Waals surface area (Å²) < 4.78 is 7.24. The van der Waals surface area contributed by atoms with Crippen molar-refractivity contribution >= 4 is 51.4 Å². The number of rotatable bonds is 2. The summed E-state index contributed by atoms with van der Waals surface area (Å²) in [6.45, 7) is 0.329. The van der Waals surface area contributed by atoms with E-state index < -0.39 is 29.3 Å². The molecule has 5 nitrogen and oxygen atoms in total. The lowest BCUT2D eigenvalue weighted by Gasteiger charge is -2.49. The van der Waals surface area contributed by atoms with E-state index in [9.17, 15) is 14.4 Å². The summed E-state index contributed by atoms with van der Waals surface area (Å²) in [7, 11) is 0. The lowest BCUT2D eigenvalue weighted by Crippen LogP contribution is -2.62. The highest BCUT2D eigenvalue weighted by Crippen LogP contribution is 2.60. The van der Waals surface area contributed by atoms with E-state index in [0.29, 0.717) is 12.3 Å². The highest BCUT2D eigenvalue weighted by atomic mass is 127. The first-order chi connectivity index (χ1) is 15.1. The molecule has 7 rings (SSSR count). The standard InChI is InChI=1S/C25H18INO4/c26-18-13-31-25(21(18)14-7-3-1-4-8-14)17-12-11-16(22(25)28)19-20(17)24(30)27(23(19)29)15-9-5-2-6-10-15/h1-12,16-17,19-20H,13H2/t16-,17?,19-,20+,25-/m1/s1. The predicted molar refractivity (Wildman–Crippen MR) is 123 cm³/mol. The van der Waals surface area contributed by atoms with Crippen molar-refractivity contribution in [1.82, 2.24) is 0 Å². The fourth-order valence-electron chi connectivity index (χ4n) is 5.79. The third-order valence-electron chi connectivity index (χ3n) is 6.98. The molecule has 1 saturated carbocycles. The lowest BCUT2D eigenvalue weighted by atomic mass is 9.54. The predicted octanol–water partition coefficient (Wildman–Crippen LogP) is 3.79. The second-order valence-electron chi connectivity index (χ2n) is 8.37. The first-order valence-electron chi connectivity index (χ1n) is 10.3. The molecule has 6 heteroatoms. The molecule has 5 atom stereocenters. The Morgan fingerprint density at radius 2 is 1.52 bits per heavy atom. The molecular formula is C25H18INO4. The molecule has 2 aromatic carbocycles. The number of amides is 2. The van der Waals surface area contributed by atoms with Crippen LogP contribution in [-0.4, -0.2) is 29.8 Å². The van der Waals surface area contributed by atoms with Gasteiger partial charge < -0.3 is 4.74 Å². The van der Waals surface area contributed by atoms with E-state index >= 15 is 0 Å². The van der Waals surface area contributed by atoms with Crippen LogP contribution in [-0.2, 0) is 19.1 Å². The third kappa shape index (κ3) is 2.37. The van der Waals surface area contributed by atoms with Gasteiger partial charge in [0.25, 0.3) is 0 Å². The molecule has 2 amide bonds. The van der Waals surface area contributed by atoms with E-state index in [0.717, 1.165) is 14.7 Å². The van der Waals surface area contributed by atoms with Crippen molar-refractivity contribution in [3.05, 3.63) is 82.0 Å². The summed E-state index contributed by atoms with van der Waals surface area (Å²) >= 11 is 2.24. The fraction of sp³-hybridized carbons (Fsp3) is 0.240. The Morgan fingerprint density at radius 3 is 2.23 bits per heavy atom. The highest BCUT2D eigenvalue weighted by Gasteiger charge is 2.70. The van der Waals surface area contributed by atoms with E-state index in [1.807, 2.05) is 48.6 Å². The SMILES string of the molecule is O=C1[C@@H]2[C@H]3C=CC([C@@H]2C(=O)N1c1ccccc1)[C@]1(OCC(I)=C1c1ccccc1)C3=O. The van der Waals surface area contributed by atoms with E-state index in [2.05, 4.69) is 22.6 Å². The van der Waals surface area contributed by atoms with Crippen molar-refractivity contribution < 1.29 is 19.1 Å². The number of carbonyl (C=O) groups is 3. The number of halogens is 1. The molecule has 2 heterocycles. The molecule has 3 aliphatic carbocycles. The zero-order chi connectivity index (χ0) is 21.3. The molecule has 1 saturated heterocycles. The Kier molecular flexibility index (Phi) is 4.14. The van der Waals surface area contributed by atoms with Gasteiger partial charge in [0.2, 0.25) is 11.8 Å². The topological polar surface area (TPSA) is 63.7 Å². The van der Waals surface area contributed by atoms with Crippen LogP contribution in [0.3, 0.4) is 0 Å². The van der Waals surface area contributed by atoms with Gasteiger partial charge in [-0.05, 0) is 40.3 Å². The Hall–Kier alpha value is -2.58. The second-order valence-corrected chi connectivity index (χ2v) is 9.67. The van der Waals surface area contributed by atoms with Crippen LogP contribution >= 0.6 is 22.6 Å². The number of Topliss-reactive ketones (excluding diaryl/α,β-unsaturated/α-hetero) is 1. The number of para-hydroxylation sites is 1. The number of hydrogen-bond donors (Lipinski definition) is 0. The molecule has 2 bridgehead atoms. The van der Waals surface area contributed by atoms with Crippen molar-refractivity contribution in [2.75, 3.05) is 11.5 Å². The normalized spacial score (nSPS) is 33.7. The van der Waals surface area contributed by atoms with Crippen LogP contribution in [0.1, 0.15) is 5.56 Å². The number of allylic oxidation sites excluding steroid dienone is 1. The van der Waals surface area contributed by atoms with Gasteiger partial charge in [-0.1, -0.05) is 60.7 Å². The van der Waals surface area contributed by atoms with Gasteiger partial charge in [0.05, 0.1) is 30.0 Å².